The van der Waals surface area contributed by atoms with E-state index in [4.69, 9.17) is 10.8 Å². The predicted octanol–water partition coefficient (Wildman–Crippen LogP) is 2.12. The number of anilines is 1. The fourth-order valence-electron chi connectivity index (χ4n) is 2.10. The van der Waals surface area contributed by atoms with Crippen molar-refractivity contribution < 1.29 is 5.11 Å². The van der Waals surface area contributed by atoms with Crippen molar-refractivity contribution in [3.05, 3.63) is 41.7 Å². The summed E-state index contributed by atoms with van der Waals surface area (Å²) >= 11 is 0. The minimum absolute atomic E-state index is 0.127. The zero-order valence-corrected chi connectivity index (χ0v) is 10.3. The Hall–Kier alpha value is -1.74. The summed E-state index contributed by atoms with van der Waals surface area (Å²) in [4.78, 5) is 0. The van der Waals surface area contributed by atoms with E-state index < -0.39 is 0 Å². The standard InChI is InChI=1S/C14H18N2O/c1-10-7-11(4-6-17)14(15)13(8-10)12-3-5-16(2)9-12/h3,5,7-9,17H,4,6,15H2,1-2H3. The van der Waals surface area contributed by atoms with Gasteiger partial charge in [0.05, 0.1) is 0 Å². The average molecular weight is 230 g/mol. The molecule has 3 nitrogen and oxygen atoms in total. The van der Waals surface area contributed by atoms with Crippen molar-refractivity contribution in [3.8, 4) is 11.1 Å². The van der Waals surface area contributed by atoms with Crippen LogP contribution in [0.2, 0.25) is 0 Å². The Kier molecular flexibility index (Phi) is 3.20. The number of hydrogen-bond acceptors (Lipinski definition) is 2. The molecule has 3 heteroatoms. The number of aliphatic hydroxyl groups is 1. The molecule has 0 aliphatic rings. The Labute approximate surface area is 102 Å². The highest BCUT2D eigenvalue weighted by molar-refractivity contribution is 5.79. The van der Waals surface area contributed by atoms with Gasteiger partial charge < -0.3 is 15.4 Å². The maximum atomic E-state index is 9.04. The van der Waals surface area contributed by atoms with Crippen LogP contribution in [0.25, 0.3) is 11.1 Å². The first-order valence-corrected chi connectivity index (χ1v) is 5.74. The maximum Gasteiger partial charge on any atom is 0.0472 e. The number of aliphatic hydroxyl groups excluding tert-OH is 1. The van der Waals surface area contributed by atoms with E-state index in [1.165, 1.54) is 5.56 Å². The van der Waals surface area contributed by atoms with Gasteiger partial charge in [-0.05, 0) is 31.0 Å². The van der Waals surface area contributed by atoms with Crippen LogP contribution in [-0.4, -0.2) is 16.3 Å². The van der Waals surface area contributed by atoms with Crippen molar-refractivity contribution in [2.45, 2.75) is 13.3 Å². The number of hydrogen-bond donors (Lipinski definition) is 2. The van der Waals surface area contributed by atoms with E-state index in [0.717, 1.165) is 22.4 Å². The van der Waals surface area contributed by atoms with E-state index in [0.29, 0.717) is 6.42 Å². The molecule has 0 fully saturated rings. The average Bonchev–Trinajstić information content (AvgIpc) is 2.70. The molecule has 2 rings (SSSR count). The second-order valence-corrected chi connectivity index (χ2v) is 4.42. The summed E-state index contributed by atoms with van der Waals surface area (Å²) < 4.78 is 2.00. The van der Waals surface area contributed by atoms with E-state index in [2.05, 4.69) is 6.07 Å². The van der Waals surface area contributed by atoms with Crippen molar-refractivity contribution in [2.24, 2.45) is 7.05 Å². The number of rotatable bonds is 3. The molecular weight excluding hydrogens is 212 g/mol. The van der Waals surface area contributed by atoms with Crippen LogP contribution in [-0.2, 0) is 13.5 Å². The Bertz CT molecular complexity index is 529. The molecule has 0 atom stereocenters. The summed E-state index contributed by atoms with van der Waals surface area (Å²) in [6.07, 6.45) is 4.66. The Balaban J connectivity index is 2.53. The molecule has 1 aromatic heterocycles. The van der Waals surface area contributed by atoms with Gasteiger partial charge in [0.25, 0.3) is 0 Å². The molecule has 17 heavy (non-hydrogen) atoms. The molecule has 1 heterocycles. The van der Waals surface area contributed by atoms with Crippen molar-refractivity contribution in [2.75, 3.05) is 12.3 Å². The molecule has 2 aromatic rings. The third kappa shape index (κ3) is 2.34. The number of nitrogens with two attached hydrogens (primary N) is 1. The van der Waals surface area contributed by atoms with Gasteiger partial charge in [0.1, 0.15) is 0 Å². The van der Waals surface area contributed by atoms with Crippen LogP contribution in [0.5, 0.6) is 0 Å². The Morgan fingerprint density at radius 3 is 2.71 bits per heavy atom. The molecule has 0 saturated heterocycles. The lowest BCUT2D eigenvalue weighted by Crippen LogP contribution is -2.00. The van der Waals surface area contributed by atoms with Crippen LogP contribution < -0.4 is 5.73 Å². The first kappa shape index (κ1) is 11.7. The molecule has 0 aliphatic carbocycles. The molecule has 0 spiro atoms. The highest BCUT2D eigenvalue weighted by atomic mass is 16.2. The van der Waals surface area contributed by atoms with Crippen LogP contribution in [0, 0.1) is 6.92 Å². The fraction of sp³-hybridized carbons (Fsp3) is 0.286. The first-order valence-electron chi connectivity index (χ1n) is 5.74. The number of nitrogen functional groups attached to an aromatic ring is 1. The minimum atomic E-state index is 0.127. The largest absolute Gasteiger partial charge is 0.398 e. The zero-order valence-electron chi connectivity index (χ0n) is 10.3. The molecule has 1 aromatic carbocycles. The number of nitrogens with zero attached hydrogens (tertiary/aromatic N) is 1. The van der Waals surface area contributed by atoms with Crippen molar-refractivity contribution in [1.82, 2.24) is 4.57 Å². The summed E-state index contributed by atoms with van der Waals surface area (Å²) in [7, 11) is 1.99. The van der Waals surface area contributed by atoms with Gasteiger partial charge in [-0.1, -0.05) is 11.6 Å². The summed E-state index contributed by atoms with van der Waals surface area (Å²) in [6.45, 7) is 2.18. The van der Waals surface area contributed by atoms with Crippen molar-refractivity contribution in [1.29, 1.82) is 0 Å². The zero-order chi connectivity index (χ0) is 12.4. The lowest BCUT2D eigenvalue weighted by atomic mass is 9.98. The third-order valence-electron chi connectivity index (χ3n) is 2.93. The second-order valence-electron chi connectivity index (χ2n) is 4.42. The highest BCUT2D eigenvalue weighted by Crippen LogP contribution is 2.30. The minimum Gasteiger partial charge on any atom is -0.398 e. The molecule has 90 valence electrons. The first-order chi connectivity index (χ1) is 8.11. The van der Waals surface area contributed by atoms with Gasteiger partial charge in [-0.25, -0.2) is 0 Å². The van der Waals surface area contributed by atoms with Gasteiger partial charge in [-0.2, -0.15) is 0 Å². The molecule has 0 amide bonds. The van der Waals surface area contributed by atoms with Crippen LogP contribution in [0.1, 0.15) is 11.1 Å². The van der Waals surface area contributed by atoms with E-state index in [9.17, 15) is 0 Å². The lowest BCUT2D eigenvalue weighted by Gasteiger charge is -2.11. The third-order valence-corrected chi connectivity index (χ3v) is 2.93. The van der Waals surface area contributed by atoms with Gasteiger partial charge in [0.15, 0.2) is 0 Å². The Morgan fingerprint density at radius 1 is 1.35 bits per heavy atom. The van der Waals surface area contributed by atoms with Gasteiger partial charge in [0.2, 0.25) is 0 Å². The van der Waals surface area contributed by atoms with Crippen LogP contribution in [0.15, 0.2) is 30.6 Å². The summed E-state index contributed by atoms with van der Waals surface area (Å²) in [5, 5.41) is 9.04. The van der Waals surface area contributed by atoms with E-state index in [1.54, 1.807) is 0 Å². The SMILES string of the molecule is Cc1cc(CCO)c(N)c(-c2ccn(C)c2)c1. The van der Waals surface area contributed by atoms with Gasteiger partial charge in [-0.15, -0.1) is 0 Å². The molecule has 3 N–H and O–H groups in total. The van der Waals surface area contributed by atoms with Crippen LogP contribution >= 0.6 is 0 Å². The fourth-order valence-corrected chi connectivity index (χ4v) is 2.10. The molecule has 0 bridgehead atoms. The van der Waals surface area contributed by atoms with E-state index in [-0.39, 0.29) is 6.61 Å². The van der Waals surface area contributed by atoms with Crippen molar-refractivity contribution >= 4 is 5.69 Å². The van der Waals surface area contributed by atoms with Gasteiger partial charge in [-0.3, -0.25) is 0 Å². The highest BCUT2D eigenvalue weighted by Gasteiger charge is 2.09. The molecule has 0 radical (unpaired) electrons. The molecule has 0 aliphatic heterocycles. The predicted molar refractivity (Wildman–Crippen MR) is 70.8 cm³/mol. The molecular formula is C14H18N2O. The summed E-state index contributed by atoms with van der Waals surface area (Å²) in [5.41, 5.74) is 11.3. The summed E-state index contributed by atoms with van der Waals surface area (Å²) in [6, 6.07) is 6.18. The normalized spacial score (nSPS) is 10.8. The number of aryl methyl sites for hydroxylation is 2. The van der Waals surface area contributed by atoms with Gasteiger partial charge >= 0.3 is 0 Å². The van der Waals surface area contributed by atoms with E-state index >= 15 is 0 Å². The van der Waals surface area contributed by atoms with Crippen LogP contribution in [0.4, 0.5) is 5.69 Å². The Morgan fingerprint density at radius 2 is 2.12 bits per heavy atom. The number of benzene rings is 1. The lowest BCUT2D eigenvalue weighted by molar-refractivity contribution is 0.300. The topological polar surface area (TPSA) is 51.2 Å². The van der Waals surface area contributed by atoms with Crippen LogP contribution in [0.3, 0.4) is 0 Å². The second kappa shape index (κ2) is 4.63. The molecule has 0 unspecified atom stereocenters. The monoisotopic (exact) mass is 230 g/mol. The maximum absolute atomic E-state index is 9.04. The quantitative estimate of drug-likeness (QED) is 0.793. The smallest absolute Gasteiger partial charge is 0.0472 e. The summed E-state index contributed by atoms with van der Waals surface area (Å²) in [5.74, 6) is 0. The molecule has 0 saturated carbocycles. The van der Waals surface area contributed by atoms with Crippen molar-refractivity contribution in [3.63, 3.8) is 0 Å². The van der Waals surface area contributed by atoms with E-state index in [1.807, 2.05) is 43.1 Å². The van der Waals surface area contributed by atoms with Gasteiger partial charge in [0, 0.05) is 42.9 Å². The number of aromatic nitrogens is 1.